The van der Waals surface area contributed by atoms with Crippen LogP contribution in [-0.4, -0.2) is 42.8 Å². The van der Waals surface area contributed by atoms with Crippen molar-refractivity contribution >= 4 is 29.3 Å². The second-order valence-corrected chi connectivity index (χ2v) is 8.52. The van der Waals surface area contributed by atoms with E-state index in [0.29, 0.717) is 30.5 Å². The number of nitrogens with one attached hydrogen (secondary N) is 1. The lowest BCUT2D eigenvalue weighted by Gasteiger charge is -2.33. The zero-order valence-electron chi connectivity index (χ0n) is 16.6. The first-order valence-electron chi connectivity index (χ1n) is 9.69. The average molecular weight is 407 g/mol. The van der Waals surface area contributed by atoms with Crippen LogP contribution >= 0.6 is 11.6 Å². The Morgan fingerprint density at radius 3 is 2.57 bits per heavy atom. The molecule has 0 unspecified atom stereocenters. The van der Waals surface area contributed by atoms with Crippen molar-refractivity contribution in [1.29, 1.82) is 0 Å². The molecule has 2 aliphatic rings. The minimum atomic E-state index is -0.765. The van der Waals surface area contributed by atoms with Gasteiger partial charge in [0, 0.05) is 31.0 Å². The van der Waals surface area contributed by atoms with Crippen molar-refractivity contribution in [2.45, 2.75) is 51.9 Å². The fourth-order valence-electron chi connectivity index (χ4n) is 4.12. The summed E-state index contributed by atoms with van der Waals surface area (Å²) in [5.74, 6) is 0.643. The average Bonchev–Trinajstić information content (AvgIpc) is 2.93. The van der Waals surface area contributed by atoms with Crippen LogP contribution in [0.15, 0.2) is 12.1 Å². The Bertz CT molecular complexity index is 802. The Morgan fingerprint density at radius 2 is 2.00 bits per heavy atom. The molecule has 3 rings (SSSR count). The van der Waals surface area contributed by atoms with Crippen LogP contribution in [0.2, 0.25) is 5.02 Å². The van der Waals surface area contributed by atoms with E-state index in [4.69, 9.17) is 16.3 Å². The second kappa shape index (κ2) is 8.11. The third-order valence-electron chi connectivity index (χ3n) is 6.04. The number of imide groups is 1. The van der Waals surface area contributed by atoms with Crippen molar-refractivity contribution in [3.05, 3.63) is 28.3 Å². The fourth-order valence-corrected chi connectivity index (χ4v) is 4.27. The molecule has 1 aromatic carbocycles. The molecule has 1 N–H and O–H groups in total. The zero-order chi connectivity index (χ0) is 20.5. The van der Waals surface area contributed by atoms with Crippen molar-refractivity contribution in [3.8, 4) is 5.75 Å². The highest BCUT2D eigenvalue weighted by molar-refractivity contribution is 6.31. The molecule has 6 nitrogen and oxygen atoms in total. The lowest BCUT2D eigenvalue weighted by molar-refractivity contribution is -0.133. The molecule has 0 radical (unpaired) electrons. The third kappa shape index (κ3) is 4.17. The summed E-state index contributed by atoms with van der Waals surface area (Å²) in [6.07, 6.45) is 2.56. The summed E-state index contributed by atoms with van der Waals surface area (Å²) in [6, 6.07) is 3.94. The lowest BCUT2D eigenvalue weighted by atomic mass is 9.83. The van der Waals surface area contributed by atoms with Crippen LogP contribution in [0.1, 0.15) is 56.1 Å². The number of piperidine rings is 1. The summed E-state index contributed by atoms with van der Waals surface area (Å²) in [6.45, 7) is 5.09. The molecule has 1 atom stereocenters. The van der Waals surface area contributed by atoms with E-state index < -0.39 is 5.41 Å². The van der Waals surface area contributed by atoms with Crippen LogP contribution in [0.4, 0.5) is 0 Å². The number of carbonyl (C=O) groups is 3. The van der Waals surface area contributed by atoms with Gasteiger partial charge in [-0.3, -0.25) is 19.7 Å². The van der Waals surface area contributed by atoms with E-state index >= 15 is 0 Å². The van der Waals surface area contributed by atoms with Gasteiger partial charge in [-0.15, -0.1) is 0 Å². The number of benzene rings is 1. The molecule has 7 heteroatoms. The van der Waals surface area contributed by atoms with E-state index in [1.54, 1.807) is 14.0 Å². The summed E-state index contributed by atoms with van der Waals surface area (Å²) in [5, 5.41) is 3.02. The van der Waals surface area contributed by atoms with Crippen molar-refractivity contribution in [2.24, 2.45) is 5.41 Å². The third-order valence-corrected chi connectivity index (χ3v) is 6.45. The quantitative estimate of drug-likeness (QED) is 0.762. The Morgan fingerprint density at radius 1 is 1.32 bits per heavy atom. The number of ether oxygens (including phenoxy) is 1. The number of hydrogen-bond donors (Lipinski definition) is 1. The van der Waals surface area contributed by atoms with Gasteiger partial charge in [-0.25, -0.2) is 0 Å². The van der Waals surface area contributed by atoms with E-state index in [1.165, 1.54) is 0 Å². The second-order valence-electron chi connectivity index (χ2n) is 8.11. The largest absolute Gasteiger partial charge is 0.496 e. The SMILES string of the molecule is COc1cc(Cl)c(C)cc1C1CCN(C(=O)CC[C@@]2(C)CC(=O)NC2=O)CC1. The zero-order valence-corrected chi connectivity index (χ0v) is 17.4. The Labute approximate surface area is 170 Å². The predicted molar refractivity (Wildman–Crippen MR) is 106 cm³/mol. The first kappa shape index (κ1) is 20.6. The van der Waals surface area contributed by atoms with Gasteiger partial charge in [0.1, 0.15) is 5.75 Å². The van der Waals surface area contributed by atoms with Crippen molar-refractivity contribution in [3.63, 3.8) is 0 Å². The van der Waals surface area contributed by atoms with Crippen LogP contribution in [-0.2, 0) is 14.4 Å². The summed E-state index contributed by atoms with van der Waals surface area (Å²) in [5.41, 5.74) is 1.40. The maximum atomic E-state index is 12.6. The van der Waals surface area contributed by atoms with Gasteiger partial charge in [0.2, 0.25) is 17.7 Å². The maximum Gasteiger partial charge on any atom is 0.233 e. The monoisotopic (exact) mass is 406 g/mol. The highest BCUT2D eigenvalue weighted by Gasteiger charge is 2.42. The minimum absolute atomic E-state index is 0.0473. The fraction of sp³-hybridized carbons (Fsp3) is 0.571. The number of aryl methyl sites for hydroxylation is 1. The van der Waals surface area contributed by atoms with Gasteiger partial charge < -0.3 is 9.64 Å². The molecule has 2 fully saturated rings. The number of halogens is 1. The molecule has 1 aromatic rings. The van der Waals surface area contributed by atoms with E-state index in [-0.39, 0.29) is 30.6 Å². The van der Waals surface area contributed by atoms with Gasteiger partial charge in [-0.1, -0.05) is 24.6 Å². The van der Waals surface area contributed by atoms with E-state index in [2.05, 4.69) is 11.4 Å². The number of hydrogen-bond acceptors (Lipinski definition) is 4. The molecular weight excluding hydrogens is 380 g/mol. The number of nitrogens with zero attached hydrogens (tertiary/aromatic N) is 1. The Kier molecular flexibility index (Phi) is 5.98. The smallest absolute Gasteiger partial charge is 0.233 e. The van der Waals surface area contributed by atoms with E-state index in [1.807, 2.05) is 17.9 Å². The van der Waals surface area contributed by atoms with Crippen molar-refractivity contribution in [1.82, 2.24) is 10.2 Å². The molecule has 2 saturated heterocycles. The molecule has 0 bridgehead atoms. The molecule has 2 heterocycles. The van der Waals surface area contributed by atoms with Gasteiger partial charge in [0.15, 0.2) is 0 Å². The molecule has 0 aliphatic carbocycles. The number of rotatable bonds is 5. The summed E-state index contributed by atoms with van der Waals surface area (Å²) in [7, 11) is 1.65. The molecule has 0 saturated carbocycles. The topological polar surface area (TPSA) is 75.7 Å². The minimum Gasteiger partial charge on any atom is -0.496 e. The number of methoxy groups -OCH3 is 1. The number of carbonyl (C=O) groups excluding carboxylic acids is 3. The Hall–Kier alpha value is -2.08. The van der Waals surface area contributed by atoms with Gasteiger partial charge in [0.25, 0.3) is 0 Å². The first-order chi connectivity index (χ1) is 13.2. The molecule has 0 aromatic heterocycles. The van der Waals surface area contributed by atoms with E-state index in [9.17, 15) is 14.4 Å². The van der Waals surface area contributed by atoms with Gasteiger partial charge in [-0.2, -0.15) is 0 Å². The summed E-state index contributed by atoms with van der Waals surface area (Å²) < 4.78 is 5.50. The van der Waals surface area contributed by atoms with Crippen molar-refractivity contribution < 1.29 is 19.1 Å². The van der Waals surface area contributed by atoms with Gasteiger partial charge in [0.05, 0.1) is 12.5 Å². The predicted octanol–water partition coefficient (Wildman–Crippen LogP) is 3.20. The molecule has 3 amide bonds. The van der Waals surface area contributed by atoms with Gasteiger partial charge >= 0.3 is 0 Å². The molecular formula is C21H27ClN2O4. The molecule has 152 valence electrons. The van der Waals surface area contributed by atoms with Crippen LogP contribution in [0.25, 0.3) is 0 Å². The molecule has 0 spiro atoms. The standard InChI is InChI=1S/C21H27ClN2O4/c1-13-10-15(17(28-3)11-16(13)22)14-5-8-24(9-6-14)19(26)4-7-21(2)12-18(25)23-20(21)27/h10-11,14H,4-9,12H2,1-3H3,(H,23,25,27)/t21-/m0/s1. The van der Waals surface area contributed by atoms with Gasteiger partial charge in [-0.05, 0) is 49.3 Å². The molecule has 2 aliphatic heterocycles. The normalized spacial score (nSPS) is 23.1. The summed E-state index contributed by atoms with van der Waals surface area (Å²) in [4.78, 5) is 37.8. The lowest BCUT2D eigenvalue weighted by Crippen LogP contribution is -2.39. The van der Waals surface area contributed by atoms with Crippen LogP contribution < -0.4 is 10.1 Å². The van der Waals surface area contributed by atoms with E-state index in [0.717, 1.165) is 29.7 Å². The highest BCUT2D eigenvalue weighted by Crippen LogP contribution is 2.38. The number of likely N-dealkylation sites (tertiary alicyclic amines) is 1. The van der Waals surface area contributed by atoms with Crippen LogP contribution in [0, 0.1) is 12.3 Å². The summed E-state index contributed by atoms with van der Waals surface area (Å²) >= 11 is 6.20. The number of amides is 3. The highest BCUT2D eigenvalue weighted by atomic mass is 35.5. The van der Waals surface area contributed by atoms with Crippen LogP contribution in [0.3, 0.4) is 0 Å². The maximum absolute atomic E-state index is 12.6. The molecule has 28 heavy (non-hydrogen) atoms. The van der Waals surface area contributed by atoms with Crippen LogP contribution in [0.5, 0.6) is 5.75 Å². The van der Waals surface area contributed by atoms with Crippen molar-refractivity contribution in [2.75, 3.05) is 20.2 Å². The first-order valence-corrected chi connectivity index (χ1v) is 10.1. The Balaban J connectivity index is 1.57.